The van der Waals surface area contributed by atoms with Crippen LogP contribution >= 0.6 is 0 Å². The monoisotopic (exact) mass is 296 g/mol. The number of benzene rings is 1. The van der Waals surface area contributed by atoms with Crippen LogP contribution in [-0.2, 0) is 0 Å². The molecule has 1 aromatic rings. The smallest absolute Gasteiger partial charge is 0.162 e. The molecule has 2 aliphatic rings. The van der Waals surface area contributed by atoms with Crippen molar-refractivity contribution in [3.8, 4) is 0 Å². The number of ketones is 1. The maximum absolute atomic E-state index is 12.4. The maximum atomic E-state index is 12.4. The molecule has 3 rings (SSSR count). The average molecular weight is 296 g/mol. The first-order valence-corrected chi connectivity index (χ1v) is 8.19. The fraction of sp³-hybridized carbons (Fsp3) is 0.421. The van der Waals surface area contributed by atoms with Crippen LogP contribution in [0.1, 0.15) is 29.6 Å². The first-order valence-electron chi connectivity index (χ1n) is 8.19. The number of allylic oxidation sites excluding steroid dienone is 2. The van der Waals surface area contributed by atoms with Crippen LogP contribution in [0.25, 0.3) is 0 Å². The summed E-state index contributed by atoms with van der Waals surface area (Å²) in [6, 6.07) is 9.64. The van der Waals surface area contributed by atoms with Crippen LogP contribution in [0.5, 0.6) is 0 Å². The Hall–Kier alpha value is -1.71. The zero-order chi connectivity index (χ0) is 15.3. The Labute approximate surface area is 132 Å². The molecule has 0 amide bonds. The molecule has 1 unspecified atom stereocenters. The second-order valence-electron chi connectivity index (χ2n) is 6.12. The van der Waals surface area contributed by atoms with Gasteiger partial charge in [0.2, 0.25) is 0 Å². The van der Waals surface area contributed by atoms with Crippen LogP contribution in [0.15, 0.2) is 54.6 Å². The summed E-state index contributed by atoms with van der Waals surface area (Å²) in [5, 5.41) is 3.41. The van der Waals surface area contributed by atoms with E-state index in [2.05, 4.69) is 34.5 Å². The van der Waals surface area contributed by atoms with E-state index in [1.165, 1.54) is 0 Å². The molecule has 0 radical (unpaired) electrons. The molecule has 1 fully saturated rings. The van der Waals surface area contributed by atoms with Gasteiger partial charge in [-0.25, -0.2) is 0 Å². The molecule has 0 aromatic heterocycles. The molecule has 22 heavy (non-hydrogen) atoms. The van der Waals surface area contributed by atoms with E-state index in [9.17, 15) is 4.79 Å². The topological polar surface area (TPSA) is 32.3 Å². The first kappa shape index (κ1) is 15.2. The summed E-state index contributed by atoms with van der Waals surface area (Å²) in [7, 11) is 0. The molecule has 3 heteroatoms. The summed E-state index contributed by atoms with van der Waals surface area (Å²) >= 11 is 0. The number of hydrogen-bond donors (Lipinski definition) is 1. The van der Waals surface area contributed by atoms with Crippen molar-refractivity contribution in [3.63, 3.8) is 0 Å². The third-order valence-electron chi connectivity index (χ3n) is 4.75. The Morgan fingerprint density at radius 3 is 2.59 bits per heavy atom. The van der Waals surface area contributed by atoms with E-state index in [-0.39, 0.29) is 11.3 Å². The van der Waals surface area contributed by atoms with E-state index in [1.54, 1.807) is 0 Å². The van der Waals surface area contributed by atoms with Gasteiger partial charge in [-0.15, -0.1) is 0 Å². The highest BCUT2D eigenvalue weighted by Crippen LogP contribution is 2.31. The molecular formula is C19H24N2O. The molecule has 1 aliphatic carbocycles. The zero-order valence-corrected chi connectivity index (χ0v) is 13.0. The Morgan fingerprint density at radius 1 is 1.14 bits per heavy atom. The summed E-state index contributed by atoms with van der Waals surface area (Å²) in [6.45, 7) is 4.17. The summed E-state index contributed by atoms with van der Waals surface area (Å²) in [4.78, 5) is 15.0. The Bertz CT molecular complexity index is 558. The normalized spacial score (nSPS) is 25.3. The molecule has 1 N–H and O–H groups in total. The van der Waals surface area contributed by atoms with Crippen molar-refractivity contribution >= 4 is 5.78 Å². The van der Waals surface area contributed by atoms with E-state index < -0.39 is 0 Å². The summed E-state index contributed by atoms with van der Waals surface area (Å²) < 4.78 is 0. The van der Waals surface area contributed by atoms with Crippen LogP contribution in [0, 0.1) is 0 Å². The molecule has 0 spiro atoms. The van der Waals surface area contributed by atoms with Gasteiger partial charge in [-0.1, -0.05) is 54.6 Å². The van der Waals surface area contributed by atoms with E-state index in [0.717, 1.165) is 44.6 Å². The van der Waals surface area contributed by atoms with Gasteiger partial charge in [0.25, 0.3) is 0 Å². The fourth-order valence-corrected chi connectivity index (χ4v) is 3.44. The van der Waals surface area contributed by atoms with E-state index in [4.69, 9.17) is 0 Å². The van der Waals surface area contributed by atoms with Crippen molar-refractivity contribution in [1.82, 2.24) is 10.2 Å². The van der Waals surface area contributed by atoms with Gasteiger partial charge in [-0.05, 0) is 12.8 Å². The third kappa shape index (κ3) is 3.37. The van der Waals surface area contributed by atoms with Crippen LogP contribution in [0.4, 0.5) is 0 Å². The second kappa shape index (κ2) is 7.03. The SMILES string of the molecule is O=C(CCC1(N2CCNCC2)C=CC=CC1)c1ccccc1. The predicted molar refractivity (Wildman–Crippen MR) is 90.1 cm³/mol. The fourth-order valence-electron chi connectivity index (χ4n) is 3.44. The number of rotatable bonds is 5. The number of nitrogens with zero attached hydrogens (tertiary/aromatic N) is 1. The summed E-state index contributed by atoms with van der Waals surface area (Å²) in [5.74, 6) is 0.248. The quantitative estimate of drug-likeness (QED) is 0.848. The Balaban J connectivity index is 1.69. The summed E-state index contributed by atoms with van der Waals surface area (Å²) in [5.41, 5.74) is 0.842. The van der Waals surface area contributed by atoms with Crippen molar-refractivity contribution < 1.29 is 4.79 Å². The Kier molecular flexibility index (Phi) is 4.86. The second-order valence-corrected chi connectivity index (χ2v) is 6.12. The van der Waals surface area contributed by atoms with Crippen molar-refractivity contribution in [1.29, 1.82) is 0 Å². The van der Waals surface area contributed by atoms with E-state index in [0.29, 0.717) is 6.42 Å². The van der Waals surface area contributed by atoms with Crippen molar-refractivity contribution in [2.75, 3.05) is 26.2 Å². The molecule has 1 aliphatic heterocycles. The van der Waals surface area contributed by atoms with Gasteiger partial charge in [0.15, 0.2) is 5.78 Å². The number of carbonyl (C=O) groups is 1. The number of carbonyl (C=O) groups excluding carboxylic acids is 1. The van der Waals surface area contributed by atoms with Gasteiger partial charge < -0.3 is 5.32 Å². The van der Waals surface area contributed by atoms with Gasteiger partial charge in [-0.2, -0.15) is 0 Å². The van der Waals surface area contributed by atoms with Gasteiger partial charge in [0.05, 0.1) is 0 Å². The molecule has 1 atom stereocenters. The standard InChI is InChI=1S/C19H24N2O/c22-18(17-7-3-1-4-8-17)9-12-19(10-5-2-6-11-19)21-15-13-20-14-16-21/h1-8,10,20H,9,11-16H2. The molecule has 1 heterocycles. The van der Waals surface area contributed by atoms with Gasteiger partial charge in [0, 0.05) is 43.7 Å². The van der Waals surface area contributed by atoms with Crippen LogP contribution in [-0.4, -0.2) is 42.4 Å². The minimum absolute atomic E-state index is 0.0152. The third-order valence-corrected chi connectivity index (χ3v) is 4.75. The lowest BCUT2D eigenvalue weighted by Gasteiger charge is -2.45. The molecule has 0 bridgehead atoms. The van der Waals surface area contributed by atoms with Gasteiger partial charge in [-0.3, -0.25) is 9.69 Å². The molecule has 1 saturated heterocycles. The molecule has 3 nitrogen and oxygen atoms in total. The number of Topliss-reactive ketones (excluding diaryl/α,β-unsaturated/α-hetero) is 1. The van der Waals surface area contributed by atoms with E-state index in [1.807, 2.05) is 30.3 Å². The van der Waals surface area contributed by atoms with Crippen molar-refractivity contribution in [2.24, 2.45) is 0 Å². The highest BCUT2D eigenvalue weighted by atomic mass is 16.1. The lowest BCUT2D eigenvalue weighted by Crippen LogP contribution is -2.55. The van der Waals surface area contributed by atoms with Gasteiger partial charge >= 0.3 is 0 Å². The number of piperazine rings is 1. The van der Waals surface area contributed by atoms with Crippen molar-refractivity contribution in [3.05, 3.63) is 60.2 Å². The predicted octanol–water partition coefficient (Wildman–Crippen LogP) is 2.81. The molecule has 116 valence electrons. The van der Waals surface area contributed by atoms with Crippen LogP contribution < -0.4 is 5.32 Å². The Morgan fingerprint density at radius 2 is 1.91 bits per heavy atom. The lowest BCUT2D eigenvalue weighted by atomic mass is 9.83. The zero-order valence-electron chi connectivity index (χ0n) is 13.0. The van der Waals surface area contributed by atoms with Crippen LogP contribution in [0.3, 0.4) is 0 Å². The van der Waals surface area contributed by atoms with Crippen LogP contribution in [0.2, 0.25) is 0 Å². The largest absolute Gasteiger partial charge is 0.314 e. The molecule has 1 aromatic carbocycles. The van der Waals surface area contributed by atoms with Gasteiger partial charge in [0.1, 0.15) is 0 Å². The highest BCUT2D eigenvalue weighted by molar-refractivity contribution is 5.96. The minimum atomic E-state index is 0.0152. The highest BCUT2D eigenvalue weighted by Gasteiger charge is 2.35. The minimum Gasteiger partial charge on any atom is -0.314 e. The molecular weight excluding hydrogens is 272 g/mol. The van der Waals surface area contributed by atoms with E-state index >= 15 is 0 Å². The van der Waals surface area contributed by atoms with Crippen molar-refractivity contribution in [2.45, 2.75) is 24.8 Å². The average Bonchev–Trinajstić information content (AvgIpc) is 2.62. The maximum Gasteiger partial charge on any atom is 0.162 e. The number of nitrogens with one attached hydrogen (secondary N) is 1. The molecule has 0 saturated carbocycles. The lowest BCUT2D eigenvalue weighted by molar-refractivity contribution is 0.0859. The first-order chi connectivity index (χ1) is 10.8. The summed E-state index contributed by atoms with van der Waals surface area (Å²) in [6.07, 6.45) is 11.3. The number of hydrogen-bond acceptors (Lipinski definition) is 3.